The number of hydrogen-bond donors (Lipinski definition) is 3. The Morgan fingerprint density at radius 2 is 2.07 bits per heavy atom. The molecule has 0 radical (unpaired) electrons. The third-order valence-electron chi connectivity index (χ3n) is 5.00. The number of amides is 1. The van der Waals surface area contributed by atoms with Crippen LogP contribution < -0.4 is 11.1 Å². The van der Waals surface area contributed by atoms with Crippen molar-refractivity contribution in [3.8, 4) is 0 Å². The Kier molecular flexibility index (Phi) is 6.86. The van der Waals surface area contributed by atoms with Crippen LogP contribution in [0.3, 0.4) is 0 Å². The van der Waals surface area contributed by atoms with Crippen LogP contribution in [-0.2, 0) is 4.79 Å². The number of carbonyl (C=O) groups excluding carboxylic acids is 1. The highest BCUT2D eigenvalue weighted by Crippen LogP contribution is 2.30. The summed E-state index contributed by atoms with van der Waals surface area (Å²) in [7, 11) is 0. The van der Waals surface area contributed by atoms with Gasteiger partial charge >= 0.3 is 0 Å². The summed E-state index contributed by atoms with van der Waals surface area (Å²) in [5, 5.41) is 3.16. The fourth-order valence-corrected chi connectivity index (χ4v) is 3.27. The molecule has 5 nitrogen and oxygen atoms in total. The molecule has 2 aromatic rings. The Morgan fingerprint density at radius 1 is 1.30 bits per heavy atom. The van der Waals surface area contributed by atoms with E-state index in [1.165, 1.54) is 0 Å². The van der Waals surface area contributed by atoms with E-state index in [0.29, 0.717) is 17.9 Å². The summed E-state index contributed by atoms with van der Waals surface area (Å²) in [6.45, 7) is 8.04. The molecule has 1 aliphatic carbocycles. The van der Waals surface area contributed by atoms with Crippen molar-refractivity contribution in [2.45, 2.75) is 32.7 Å². The van der Waals surface area contributed by atoms with Gasteiger partial charge in [0.2, 0.25) is 5.91 Å². The highest BCUT2D eigenvalue weighted by atomic mass is 16.1. The van der Waals surface area contributed by atoms with E-state index >= 15 is 0 Å². The van der Waals surface area contributed by atoms with E-state index in [1.54, 1.807) is 0 Å². The monoisotopic (exact) mass is 400 g/mol. The lowest BCUT2D eigenvalue weighted by Gasteiger charge is -2.16. The summed E-state index contributed by atoms with van der Waals surface area (Å²) in [6.07, 6.45) is 11.8. The molecule has 5 heteroatoms. The van der Waals surface area contributed by atoms with Gasteiger partial charge in [-0.05, 0) is 37.0 Å². The molecule has 4 N–H and O–H groups in total. The first kappa shape index (κ1) is 21.1. The molecule has 0 saturated carbocycles. The zero-order valence-corrected chi connectivity index (χ0v) is 17.5. The van der Waals surface area contributed by atoms with Gasteiger partial charge in [0, 0.05) is 22.7 Å². The van der Waals surface area contributed by atoms with Gasteiger partial charge in [0.05, 0.1) is 0 Å². The first-order chi connectivity index (χ1) is 14.5. The van der Waals surface area contributed by atoms with E-state index < -0.39 is 11.9 Å². The number of nitrogens with zero attached hydrogens (tertiary/aromatic N) is 1. The van der Waals surface area contributed by atoms with Crippen LogP contribution >= 0.6 is 0 Å². The lowest BCUT2D eigenvalue weighted by molar-refractivity contribution is -0.119. The number of rotatable bonds is 8. The van der Waals surface area contributed by atoms with E-state index in [9.17, 15) is 4.79 Å². The number of hydrogen-bond acceptors (Lipinski definition) is 3. The Labute approximate surface area is 177 Å². The van der Waals surface area contributed by atoms with Crippen molar-refractivity contribution in [1.82, 2.24) is 10.3 Å². The molecule has 0 spiro atoms. The lowest BCUT2D eigenvalue weighted by Crippen LogP contribution is -2.39. The number of aliphatic imine (C=N–C) groups is 1. The molecular formula is C25H28N4O. The van der Waals surface area contributed by atoms with E-state index in [1.807, 2.05) is 62.4 Å². The van der Waals surface area contributed by atoms with Crippen molar-refractivity contribution in [3.63, 3.8) is 0 Å². The van der Waals surface area contributed by atoms with Gasteiger partial charge in [0.1, 0.15) is 11.9 Å². The highest BCUT2D eigenvalue weighted by molar-refractivity contribution is 6.00. The average Bonchev–Trinajstić information content (AvgIpc) is 2.97. The molecule has 0 fully saturated rings. The van der Waals surface area contributed by atoms with Crippen LogP contribution in [-0.4, -0.2) is 22.6 Å². The van der Waals surface area contributed by atoms with Crippen LogP contribution in [0.1, 0.15) is 43.5 Å². The van der Waals surface area contributed by atoms with Crippen molar-refractivity contribution in [2.75, 3.05) is 0 Å². The number of H-pyrrole nitrogens is 1. The molecule has 1 unspecified atom stereocenters. The van der Waals surface area contributed by atoms with Crippen LogP contribution in [0, 0.1) is 0 Å². The topological polar surface area (TPSA) is 83.3 Å². The number of aromatic nitrogens is 1. The molecule has 1 aromatic heterocycles. The van der Waals surface area contributed by atoms with E-state index in [0.717, 1.165) is 34.5 Å². The molecule has 1 aliphatic rings. The van der Waals surface area contributed by atoms with E-state index in [-0.39, 0.29) is 0 Å². The Balaban J connectivity index is 2.01. The summed E-state index contributed by atoms with van der Waals surface area (Å²) in [4.78, 5) is 20.0. The van der Waals surface area contributed by atoms with Crippen LogP contribution in [0.15, 0.2) is 78.3 Å². The zero-order chi connectivity index (χ0) is 21.5. The molecule has 1 aromatic carbocycles. The van der Waals surface area contributed by atoms with Gasteiger partial charge in [-0.2, -0.15) is 0 Å². The maximum atomic E-state index is 11.7. The minimum atomic E-state index is -0.482. The van der Waals surface area contributed by atoms with Crippen LogP contribution in [0.25, 0.3) is 11.3 Å². The van der Waals surface area contributed by atoms with Crippen molar-refractivity contribution in [3.05, 3.63) is 90.2 Å². The molecule has 1 heterocycles. The maximum absolute atomic E-state index is 11.7. The minimum absolute atomic E-state index is 0.402. The fraction of sp³-hybridized carbons (Fsp3) is 0.200. The first-order valence-corrected chi connectivity index (χ1v) is 10.1. The summed E-state index contributed by atoms with van der Waals surface area (Å²) >= 11 is 0. The van der Waals surface area contributed by atoms with Crippen molar-refractivity contribution in [1.29, 1.82) is 0 Å². The third-order valence-corrected chi connectivity index (χ3v) is 5.00. The summed E-state index contributed by atoms with van der Waals surface area (Å²) in [6, 6.07) is 11.5. The maximum Gasteiger partial charge on any atom is 0.239 e. The molecule has 3 rings (SSSR count). The highest BCUT2D eigenvalue weighted by Gasteiger charge is 2.18. The number of carbonyl (C=O) groups is 1. The zero-order valence-electron chi connectivity index (χ0n) is 17.5. The second-order valence-electron chi connectivity index (χ2n) is 7.18. The largest absolute Gasteiger partial charge is 0.374 e. The van der Waals surface area contributed by atoms with Crippen LogP contribution in [0.4, 0.5) is 5.82 Å². The fourth-order valence-electron chi connectivity index (χ4n) is 3.27. The van der Waals surface area contributed by atoms with E-state index in [2.05, 4.69) is 35.1 Å². The number of nitrogens with one attached hydrogen (secondary N) is 2. The Hall–Kier alpha value is -3.60. The van der Waals surface area contributed by atoms with Gasteiger partial charge in [0.25, 0.3) is 0 Å². The molecule has 1 amide bonds. The quantitative estimate of drug-likeness (QED) is 0.552. The third kappa shape index (κ3) is 5.06. The Bertz CT molecular complexity index is 1040. The van der Waals surface area contributed by atoms with Crippen LogP contribution in [0.5, 0.6) is 0 Å². The summed E-state index contributed by atoms with van der Waals surface area (Å²) in [5.41, 5.74) is 10.9. The van der Waals surface area contributed by atoms with Gasteiger partial charge in [-0.25, -0.2) is 4.99 Å². The van der Waals surface area contributed by atoms with Gasteiger partial charge in [-0.3, -0.25) is 4.79 Å². The van der Waals surface area contributed by atoms with E-state index in [4.69, 9.17) is 10.7 Å². The smallest absolute Gasteiger partial charge is 0.239 e. The molecule has 1 atom stereocenters. The van der Waals surface area contributed by atoms with Crippen molar-refractivity contribution >= 4 is 28.7 Å². The molecule has 0 aliphatic heterocycles. The molecule has 0 bridgehead atoms. The second-order valence-corrected chi connectivity index (χ2v) is 7.18. The number of nitrogens with two attached hydrogens (primary N) is 1. The molecular weight excluding hydrogens is 372 g/mol. The number of allylic oxidation sites excluding steroid dienone is 6. The second kappa shape index (κ2) is 9.74. The van der Waals surface area contributed by atoms with Crippen molar-refractivity contribution in [2.24, 2.45) is 10.7 Å². The molecule has 30 heavy (non-hydrogen) atoms. The van der Waals surface area contributed by atoms with Crippen LogP contribution in [0.2, 0.25) is 0 Å². The predicted octanol–water partition coefficient (Wildman–Crippen LogP) is 4.88. The SMILES string of the molecule is C=C(NC(CC)C(N)=O)c1cc(C2=CCC=CC=C2)[nH]c1/N=C(\C)c1ccccc1. The number of benzene rings is 1. The lowest BCUT2D eigenvalue weighted by atomic mass is 10.1. The average molecular weight is 401 g/mol. The molecule has 154 valence electrons. The summed E-state index contributed by atoms with van der Waals surface area (Å²) in [5.74, 6) is 0.287. The normalized spacial score (nSPS) is 14.7. The van der Waals surface area contributed by atoms with Gasteiger partial charge in [0.15, 0.2) is 0 Å². The minimum Gasteiger partial charge on any atom is -0.374 e. The first-order valence-electron chi connectivity index (χ1n) is 10.1. The predicted molar refractivity (Wildman–Crippen MR) is 125 cm³/mol. The molecule has 0 saturated heterocycles. The standard InChI is InChI=1S/C25H28N4O/c1-4-22(24(26)30)27-18(3)21-16-23(20-14-8-5-6-9-15-20)29-25(21)28-17(2)19-12-10-7-11-13-19/h5-8,10-16,22,27,29H,3-4,9H2,1-2H3,(H2,26,30)/b28-17+. The number of aromatic amines is 1. The van der Waals surface area contributed by atoms with Gasteiger partial charge in [-0.15, -0.1) is 0 Å². The Morgan fingerprint density at radius 3 is 2.77 bits per heavy atom. The summed E-state index contributed by atoms with van der Waals surface area (Å²) < 4.78 is 0. The number of primary amides is 1. The van der Waals surface area contributed by atoms with Gasteiger partial charge in [-0.1, -0.05) is 74.2 Å². The van der Waals surface area contributed by atoms with Crippen molar-refractivity contribution < 1.29 is 4.79 Å². The van der Waals surface area contributed by atoms with Gasteiger partial charge < -0.3 is 16.0 Å².